The summed E-state index contributed by atoms with van der Waals surface area (Å²) in [5.41, 5.74) is -0.0549. The van der Waals surface area contributed by atoms with Gasteiger partial charge in [0.2, 0.25) is 5.69 Å². The fourth-order valence-corrected chi connectivity index (χ4v) is 1.76. The summed E-state index contributed by atoms with van der Waals surface area (Å²) in [5, 5.41) is 17.2. The van der Waals surface area contributed by atoms with Crippen molar-refractivity contribution in [3.8, 4) is 5.75 Å². The van der Waals surface area contributed by atoms with Crippen LogP contribution in [0.25, 0.3) is 0 Å². The van der Waals surface area contributed by atoms with E-state index < -0.39 is 10.8 Å². The lowest BCUT2D eigenvalue weighted by Crippen LogP contribution is -2.14. The van der Waals surface area contributed by atoms with Crippen LogP contribution >= 0.6 is 0 Å². The van der Waals surface area contributed by atoms with E-state index in [1.165, 1.54) is 17.9 Å². The largest absolute Gasteiger partial charge is 0.494 e. The van der Waals surface area contributed by atoms with Gasteiger partial charge in [-0.2, -0.15) is 5.10 Å². The molecular formula is C13H14N4O4. The first-order chi connectivity index (χ1) is 10.0. The Bertz CT molecular complexity index is 663. The molecule has 0 fully saturated rings. The average molecular weight is 290 g/mol. The van der Waals surface area contributed by atoms with Gasteiger partial charge < -0.3 is 10.1 Å². The number of ether oxygens (including phenoxy) is 1. The van der Waals surface area contributed by atoms with Gasteiger partial charge in [-0.05, 0) is 31.2 Å². The molecule has 8 heteroatoms. The Morgan fingerprint density at radius 3 is 2.67 bits per heavy atom. The summed E-state index contributed by atoms with van der Waals surface area (Å²) in [6.45, 7) is 2.42. The van der Waals surface area contributed by atoms with Gasteiger partial charge in [0.05, 0.1) is 11.5 Å². The van der Waals surface area contributed by atoms with E-state index in [-0.39, 0.29) is 11.4 Å². The molecule has 1 amide bonds. The molecule has 0 saturated carbocycles. The van der Waals surface area contributed by atoms with Crippen LogP contribution in [0.1, 0.15) is 17.4 Å². The molecule has 0 aliphatic carbocycles. The molecule has 0 bridgehead atoms. The Labute approximate surface area is 120 Å². The number of anilines is 1. The van der Waals surface area contributed by atoms with E-state index in [0.29, 0.717) is 18.0 Å². The minimum Gasteiger partial charge on any atom is -0.494 e. The third kappa shape index (κ3) is 3.35. The third-order valence-electron chi connectivity index (χ3n) is 2.64. The van der Waals surface area contributed by atoms with Crippen molar-refractivity contribution < 1.29 is 14.5 Å². The predicted molar refractivity (Wildman–Crippen MR) is 75.4 cm³/mol. The van der Waals surface area contributed by atoms with Gasteiger partial charge in [-0.25, -0.2) is 0 Å². The lowest BCUT2D eigenvalue weighted by molar-refractivity contribution is -0.385. The van der Waals surface area contributed by atoms with Gasteiger partial charge in [-0.3, -0.25) is 19.6 Å². The van der Waals surface area contributed by atoms with Gasteiger partial charge in [-0.15, -0.1) is 0 Å². The maximum absolute atomic E-state index is 12.0. The van der Waals surface area contributed by atoms with Crippen LogP contribution in [0.5, 0.6) is 5.75 Å². The van der Waals surface area contributed by atoms with E-state index in [0.717, 1.165) is 0 Å². The number of aryl methyl sites for hydroxylation is 1. The topological polar surface area (TPSA) is 99.3 Å². The zero-order valence-electron chi connectivity index (χ0n) is 11.6. The van der Waals surface area contributed by atoms with E-state index in [1.807, 2.05) is 6.92 Å². The second-order valence-electron chi connectivity index (χ2n) is 4.21. The van der Waals surface area contributed by atoms with Crippen molar-refractivity contribution in [2.24, 2.45) is 7.05 Å². The lowest BCUT2D eigenvalue weighted by atomic mass is 10.3. The van der Waals surface area contributed by atoms with Gasteiger partial charge in [0, 0.05) is 12.7 Å². The van der Waals surface area contributed by atoms with E-state index in [4.69, 9.17) is 4.74 Å². The van der Waals surface area contributed by atoms with Gasteiger partial charge in [0.15, 0.2) is 0 Å². The van der Waals surface area contributed by atoms with Gasteiger partial charge >= 0.3 is 5.69 Å². The summed E-state index contributed by atoms with van der Waals surface area (Å²) < 4.78 is 6.51. The standard InChI is InChI=1S/C13H14N4O4/c1-3-21-10-6-4-9(5-7-10)14-13(18)12-11(17(19)20)8-16(2)15-12/h4-8H,3H2,1-2H3,(H,14,18). The second-order valence-corrected chi connectivity index (χ2v) is 4.21. The number of nitro groups is 1. The molecule has 1 aromatic carbocycles. The van der Waals surface area contributed by atoms with Gasteiger partial charge in [-0.1, -0.05) is 0 Å². The molecule has 110 valence electrons. The number of rotatable bonds is 5. The highest BCUT2D eigenvalue weighted by Crippen LogP contribution is 2.19. The summed E-state index contributed by atoms with van der Waals surface area (Å²) in [6.07, 6.45) is 1.19. The first-order valence-electron chi connectivity index (χ1n) is 6.23. The second kappa shape index (κ2) is 6.04. The molecule has 2 aromatic rings. The number of nitrogens with zero attached hydrogens (tertiary/aromatic N) is 3. The molecule has 21 heavy (non-hydrogen) atoms. The number of benzene rings is 1. The molecule has 0 aliphatic rings. The van der Waals surface area contributed by atoms with Crippen molar-refractivity contribution in [1.29, 1.82) is 0 Å². The number of nitrogens with one attached hydrogen (secondary N) is 1. The zero-order valence-corrected chi connectivity index (χ0v) is 11.6. The Balaban J connectivity index is 2.16. The number of hydrogen-bond acceptors (Lipinski definition) is 5. The molecule has 1 heterocycles. The van der Waals surface area contributed by atoms with Crippen LogP contribution < -0.4 is 10.1 Å². The van der Waals surface area contributed by atoms with Crippen LogP contribution in [-0.4, -0.2) is 27.2 Å². The molecular weight excluding hydrogens is 276 g/mol. The summed E-state index contributed by atoms with van der Waals surface area (Å²) in [7, 11) is 1.51. The number of aromatic nitrogens is 2. The molecule has 1 aromatic heterocycles. The van der Waals surface area contributed by atoms with Crippen LogP contribution in [0.2, 0.25) is 0 Å². The highest BCUT2D eigenvalue weighted by Gasteiger charge is 2.24. The van der Waals surface area contributed by atoms with E-state index in [9.17, 15) is 14.9 Å². The van der Waals surface area contributed by atoms with Gasteiger partial charge in [0.1, 0.15) is 11.9 Å². The maximum atomic E-state index is 12.0. The summed E-state index contributed by atoms with van der Waals surface area (Å²) >= 11 is 0. The lowest BCUT2D eigenvalue weighted by Gasteiger charge is -2.05. The first-order valence-corrected chi connectivity index (χ1v) is 6.23. The third-order valence-corrected chi connectivity index (χ3v) is 2.64. The highest BCUT2D eigenvalue weighted by molar-refractivity contribution is 6.05. The molecule has 2 rings (SSSR count). The van der Waals surface area contributed by atoms with Gasteiger partial charge in [0.25, 0.3) is 5.91 Å². The van der Waals surface area contributed by atoms with Crippen LogP contribution in [0.15, 0.2) is 30.5 Å². The Morgan fingerprint density at radius 1 is 1.43 bits per heavy atom. The smallest absolute Gasteiger partial charge is 0.320 e. The van der Waals surface area contributed by atoms with E-state index >= 15 is 0 Å². The van der Waals surface area contributed by atoms with Crippen molar-refractivity contribution in [2.75, 3.05) is 11.9 Å². The number of carbonyl (C=O) groups excluding carboxylic acids is 1. The molecule has 0 atom stereocenters. The normalized spacial score (nSPS) is 10.2. The molecule has 0 unspecified atom stereocenters. The average Bonchev–Trinajstić information content (AvgIpc) is 2.84. The first kappa shape index (κ1) is 14.5. The number of carbonyl (C=O) groups is 1. The minimum absolute atomic E-state index is 0.226. The molecule has 1 N–H and O–H groups in total. The minimum atomic E-state index is -0.639. The maximum Gasteiger partial charge on any atom is 0.320 e. The number of amides is 1. The van der Waals surface area contributed by atoms with Crippen molar-refractivity contribution in [3.05, 3.63) is 46.3 Å². The quantitative estimate of drug-likeness (QED) is 0.670. The fraction of sp³-hybridized carbons (Fsp3) is 0.231. The van der Waals surface area contributed by atoms with E-state index in [2.05, 4.69) is 10.4 Å². The molecule has 0 saturated heterocycles. The molecule has 0 aliphatic heterocycles. The summed E-state index contributed by atoms with van der Waals surface area (Å²) in [5.74, 6) is 0.0470. The molecule has 8 nitrogen and oxygen atoms in total. The SMILES string of the molecule is CCOc1ccc(NC(=O)c2nn(C)cc2[N+](=O)[O-])cc1. The van der Waals surface area contributed by atoms with Crippen LogP contribution in [-0.2, 0) is 7.05 Å². The van der Waals surface area contributed by atoms with E-state index in [1.54, 1.807) is 24.3 Å². The van der Waals surface area contributed by atoms with Crippen molar-refractivity contribution in [3.63, 3.8) is 0 Å². The Kier molecular flexibility index (Phi) is 4.17. The monoisotopic (exact) mass is 290 g/mol. The van der Waals surface area contributed by atoms with Crippen molar-refractivity contribution >= 4 is 17.3 Å². The summed E-state index contributed by atoms with van der Waals surface area (Å²) in [6, 6.07) is 6.70. The van der Waals surface area contributed by atoms with Crippen LogP contribution in [0, 0.1) is 10.1 Å². The molecule has 0 radical (unpaired) electrons. The zero-order chi connectivity index (χ0) is 15.4. The fourth-order valence-electron chi connectivity index (χ4n) is 1.76. The number of hydrogen-bond donors (Lipinski definition) is 1. The van der Waals surface area contributed by atoms with Crippen molar-refractivity contribution in [2.45, 2.75) is 6.92 Å². The Hall–Kier alpha value is -2.90. The highest BCUT2D eigenvalue weighted by atomic mass is 16.6. The summed E-state index contributed by atoms with van der Waals surface area (Å²) in [4.78, 5) is 22.3. The molecule has 0 spiro atoms. The van der Waals surface area contributed by atoms with Crippen molar-refractivity contribution in [1.82, 2.24) is 9.78 Å². The Morgan fingerprint density at radius 2 is 2.10 bits per heavy atom. The van der Waals surface area contributed by atoms with Crippen LogP contribution in [0.4, 0.5) is 11.4 Å². The predicted octanol–water partition coefficient (Wildman–Crippen LogP) is 1.98. The van der Waals surface area contributed by atoms with Crippen LogP contribution in [0.3, 0.4) is 0 Å².